The molecule has 1 aliphatic heterocycles. The molecule has 1 amide bonds. The van der Waals surface area contributed by atoms with E-state index in [2.05, 4.69) is 21.8 Å². The van der Waals surface area contributed by atoms with Gasteiger partial charge in [0, 0.05) is 49.9 Å². The van der Waals surface area contributed by atoms with Crippen LogP contribution in [-0.2, 0) is 11.2 Å². The van der Waals surface area contributed by atoms with Gasteiger partial charge in [0.15, 0.2) is 0 Å². The third-order valence-corrected chi connectivity index (χ3v) is 4.91. The number of hydrogen-bond donors (Lipinski definition) is 2. The summed E-state index contributed by atoms with van der Waals surface area (Å²) in [6.45, 7) is 4.99. The summed E-state index contributed by atoms with van der Waals surface area (Å²) in [5.41, 5.74) is 6.85. The number of nitrogens with zero attached hydrogens (tertiary/aromatic N) is 4. The molecule has 0 bridgehead atoms. The summed E-state index contributed by atoms with van der Waals surface area (Å²) >= 11 is 0. The first-order chi connectivity index (χ1) is 11.1. The first-order valence-electron chi connectivity index (χ1n) is 8.36. The highest BCUT2D eigenvalue weighted by molar-refractivity contribution is 5.85. The SMILES string of the molecule is CCc1cc(N2CCN(C(=O)[C@H]3C[C@@H](N)[C@H](O)C3)CC2)ncn1.Cl.Cl. The summed E-state index contributed by atoms with van der Waals surface area (Å²) in [5.74, 6) is 0.938. The molecule has 1 saturated heterocycles. The average molecular weight is 392 g/mol. The molecule has 3 atom stereocenters. The van der Waals surface area contributed by atoms with Gasteiger partial charge in [-0.2, -0.15) is 0 Å². The molecule has 0 radical (unpaired) electrons. The highest BCUT2D eigenvalue weighted by Gasteiger charge is 2.37. The van der Waals surface area contributed by atoms with Crippen LogP contribution in [0, 0.1) is 5.92 Å². The Labute approximate surface area is 160 Å². The lowest BCUT2D eigenvalue weighted by Gasteiger charge is -2.36. The lowest BCUT2D eigenvalue weighted by molar-refractivity contribution is -0.135. The van der Waals surface area contributed by atoms with Gasteiger partial charge in [-0.1, -0.05) is 6.92 Å². The molecular formula is C16H27Cl2N5O2. The van der Waals surface area contributed by atoms with Crippen LogP contribution in [0.15, 0.2) is 12.4 Å². The maximum Gasteiger partial charge on any atom is 0.225 e. The number of nitrogens with two attached hydrogens (primary N) is 1. The molecule has 0 unspecified atom stereocenters. The van der Waals surface area contributed by atoms with E-state index in [0.29, 0.717) is 25.9 Å². The third-order valence-electron chi connectivity index (χ3n) is 4.91. The standard InChI is InChI=1S/C16H25N5O2.2ClH/c1-2-12-9-15(19-10-18-12)20-3-5-21(6-4-20)16(23)11-7-13(17)14(22)8-11;;/h9-11,13-14,22H,2-8,17H2,1H3;2*1H/t11-,13+,14+;;/m0../s1. The third kappa shape index (κ3) is 4.94. The Morgan fingerprint density at radius 2 is 1.92 bits per heavy atom. The fourth-order valence-electron chi connectivity index (χ4n) is 3.42. The van der Waals surface area contributed by atoms with Crippen LogP contribution in [-0.4, -0.2) is 64.2 Å². The molecule has 9 heteroatoms. The molecule has 3 N–H and O–H groups in total. The number of carbonyl (C=O) groups excluding carboxylic acids is 1. The molecule has 0 spiro atoms. The van der Waals surface area contributed by atoms with Gasteiger partial charge in [0.1, 0.15) is 12.1 Å². The van der Waals surface area contributed by atoms with Gasteiger partial charge in [-0.3, -0.25) is 4.79 Å². The van der Waals surface area contributed by atoms with E-state index < -0.39 is 6.10 Å². The largest absolute Gasteiger partial charge is 0.391 e. The van der Waals surface area contributed by atoms with Crippen molar-refractivity contribution >= 4 is 36.5 Å². The van der Waals surface area contributed by atoms with E-state index in [0.717, 1.165) is 31.0 Å². The van der Waals surface area contributed by atoms with Crippen LogP contribution >= 0.6 is 24.8 Å². The van der Waals surface area contributed by atoms with Crippen LogP contribution in [0.25, 0.3) is 0 Å². The Kier molecular flexibility index (Phi) is 8.34. The smallest absolute Gasteiger partial charge is 0.225 e. The molecule has 2 heterocycles. The second kappa shape index (κ2) is 9.52. The van der Waals surface area contributed by atoms with Gasteiger partial charge in [0.05, 0.1) is 6.10 Å². The van der Waals surface area contributed by atoms with Gasteiger partial charge in [-0.15, -0.1) is 24.8 Å². The van der Waals surface area contributed by atoms with Crippen LogP contribution in [0.5, 0.6) is 0 Å². The number of halogens is 2. The Hall–Kier alpha value is -1.15. The van der Waals surface area contributed by atoms with E-state index in [9.17, 15) is 9.90 Å². The van der Waals surface area contributed by atoms with Crippen molar-refractivity contribution in [3.8, 4) is 0 Å². The maximum absolute atomic E-state index is 12.6. The Morgan fingerprint density at radius 1 is 1.24 bits per heavy atom. The zero-order chi connectivity index (χ0) is 16.4. The zero-order valence-corrected chi connectivity index (χ0v) is 16.0. The van der Waals surface area contributed by atoms with Crippen molar-refractivity contribution in [2.75, 3.05) is 31.1 Å². The highest BCUT2D eigenvalue weighted by atomic mass is 35.5. The van der Waals surface area contributed by atoms with Crippen LogP contribution < -0.4 is 10.6 Å². The number of piperazine rings is 1. The minimum absolute atomic E-state index is 0. The first kappa shape index (κ1) is 21.9. The summed E-state index contributed by atoms with van der Waals surface area (Å²) < 4.78 is 0. The topological polar surface area (TPSA) is 95.6 Å². The predicted molar refractivity (Wildman–Crippen MR) is 101 cm³/mol. The Balaban J connectivity index is 0.00000156. The van der Waals surface area contributed by atoms with Gasteiger partial charge >= 0.3 is 0 Å². The number of hydrogen-bond acceptors (Lipinski definition) is 6. The van der Waals surface area contributed by atoms with E-state index in [1.807, 2.05) is 11.0 Å². The molecule has 0 aromatic carbocycles. The summed E-state index contributed by atoms with van der Waals surface area (Å²) in [6, 6.07) is 1.75. The van der Waals surface area contributed by atoms with Gasteiger partial charge < -0.3 is 20.6 Å². The van der Waals surface area contributed by atoms with Crippen molar-refractivity contribution in [3.63, 3.8) is 0 Å². The van der Waals surface area contributed by atoms with Crippen molar-refractivity contribution in [1.82, 2.24) is 14.9 Å². The highest BCUT2D eigenvalue weighted by Crippen LogP contribution is 2.27. The number of aromatic nitrogens is 2. The Bertz CT molecular complexity index is 559. The predicted octanol–water partition coefficient (Wildman–Crippen LogP) is 0.629. The minimum atomic E-state index is -0.543. The molecule has 1 saturated carbocycles. The second-order valence-electron chi connectivity index (χ2n) is 6.43. The number of aryl methyl sites for hydroxylation is 1. The van der Waals surface area contributed by atoms with Crippen molar-refractivity contribution in [2.24, 2.45) is 11.7 Å². The fraction of sp³-hybridized carbons (Fsp3) is 0.688. The van der Waals surface area contributed by atoms with Gasteiger partial charge in [-0.25, -0.2) is 9.97 Å². The quantitative estimate of drug-likeness (QED) is 0.784. The Morgan fingerprint density at radius 3 is 2.48 bits per heavy atom. The van der Waals surface area contributed by atoms with E-state index in [-0.39, 0.29) is 42.7 Å². The zero-order valence-electron chi connectivity index (χ0n) is 14.4. The van der Waals surface area contributed by atoms with E-state index in [1.54, 1.807) is 6.33 Å². The van der Waals surface area contributed by atoms with Crippen LogP contribution in [0.2, 0.25) is 0 Å². The van der Waals surface area contributed by atoms with Crippen LogP contribution in [0.3, 0.4) is 0 Å². The lowest BCUT2D eigenvalue weighted by atomic mass is 10.1. The summed E-state index contributed by atoms with van der Waals surface area (Å²) in [5, 5.41) is 9.74. The van der Waals surface area contributed by atoms with Crippen molar-refractivity contribution in [3.05, 3.63) is 18.1 Å². The van der Waals surface area contributed by atoms with Crippen molar-refractivity contribution in [2.45, 2.75) is 38.3 Å². The van der Waals surface area contributed by atoms with E-state index in [4.69, 9.17) is 5.73 Å². The number of anilines is 1. The number of aliphatic hydroxyl groups excluding tert-OH is 1. The normalized spacial score (nSPS) is 26.0. The molecule has 1 aliphatic carbocycles. The lowest BCUT2D eigenvalue weighted by Crippen LogP contribution is -2.50. The molecule has 1 aromatic heterocycles. The van der Waals surface area contributed by atoms with E-state index in [1.165, 1.54) is 0 Å². The molecule has 7 nitrogen and oxygen atoms in total. The fourth-order valence-corrected chi connectivity index (χ4v) is 3.42. The van der Waals surface area contributed by atoms with Crippen LogP contribution in [0.1, 0.15) is 25.5 Å². The summed E-state index contributed by atoms with van der Waals surface area (Å²) in [6.07, 6.45) is 3.03. The minimum Gasteiger partial charge on any atom is -0.391 e. The van der Waals surface area contributed by atoms with Crippen molar-refractivity contribution < 1.29 is 9.90 Å². The number of aliphatic hydroxyl groups is 1. The first-order valence-corrected chi connectivity index (χ1v) is 8.36. The molecule has 142 valence electrons. The van der Waals surface area contributed by atoms with Crippen molar-refractivity contribution in [1.29, 1.82) is 0 Å². The van der Waals surface area contributed by atoms with Gasteiger partial charge in [-0.05, 0) is 19.3 Å². The summed E-state index contributed by atoms with van der Waals surface area (Å²) in [4.78, 5) is 25.2. The molecule has 2 fully saturated rings. The molecule has 3 rings (SSSR count). The van der Waals surface area contributed by atoms with E-state index >= 15 is 0 Å². The molecular weight excluding hydrogens is 365 g/mol. The molecule has 2 aliphatic rings. The number of carbonyl (C=O) groups is 1. The second-order valence-corrected chi connectivity index (χ2v) is 6.43. The maximum atomic E-state index is 12.6. The van der Waals surface area contributed by atoms with Gasteiger partial charge in [0.25, 0.3) is 0 Å². The number of amides is 1. The molecule has 25 heavy (non-hydrogen) atoms. The van der Waals surface area contributed by atoms with Gasteiger partial charge in [0.2, 0.25) is 5.91 Å². The molecule has 1 aromatic rings. The van der Waals surface area contributed by atoms with Crippen LogP contribution in [0.4, 0.5) is 5.82 Å². The summed E-state index contributed by atoms with van der Waals surface area (Å²) in [7, 11) is 0. The number of rotatable bonds is 3. The average Bonchev–Trinajstić information content (AvgIpc) is 2.93. The monoisotopic (exact) mass is 391 g/mol.